The maximum atomic E-state index is 10.6. The molecule has 0 spiro atoms. The molecule has 0 fully saturated rings. The van der Waals surface area contributed by atoms with Gasteiger partial charge in [-0.1, -0.05) is 0 Å². The summed E-state index contributed by atoms with van der Waals surface area (Å²) in [6.45, 7) is 0. The molecule has 0 atom stereocenters. The number of hydrogen-bond acceptors (Lipinski definition) is 4. The second-order valence-electron chi connectivity index (χ2n) is 2.83. The molecule has 2 rings (SSSR count). The number of fused-ring (bicyclic) bond motifs is 1. The lowest BCUT2D eigenvalue weighted by Gasteiger charge is -1.92. The van der Waals surface area contributed by atoms with E-state index in [1.54, 1.807) is 7.05 Å². The zero-order valence-corrected chi connectivity index (χ0v) is 7.28. The van der Waals surface area contributed by atoms with Crippen molar-refractivity contribution in [2.45, 2.75) is 0 Å². The van der Waals surface area contributed by atoms with E-state index in [0.29, 0.717) is 5.65 Å². The summed E-state index contributed by atoms with van der Waals surface area (Å²) in [5.41, 5.74) is 0.340. The first-order valence-corrected chi connectivity index (χ1v) is 3.80. The van der Waals surface area contributed by atoms with Crippen LogP contribution in [0.3, 0.4) is 0 Å². The average Bonchev–Trinajstić information content (AvgIpc) is 2.49. The minimum Gasteiger partial charge on any atom is -0.350 e. The van der Waals surface area contributed by atoms with E-state index in [9.17, 15) is 15.3 Å². The quantitative estimate of drug-likeness (QED) is 0.300. The summed E-state index contributed by atoms with van der Waals surface area (Å²) in [5.74, 6) is 0. The molecular weight excluding hydrogens is 188 g/mol. The summed E-state index contributed by atoms with van der Waals surface area (Å²) in [5, 5.41) is 20.0. The summed E-state index contributed by atoms with van der Waals surface area (Å²) >= 11 is 0. The monoisotopic (exact) mass is 195 g/mol. The van der Waals surface area contributed by atoms with Crippen LogP contribution in [0.2, 0.25) is 0 Å². The molecule has 0 amide bonds. The normalized spacial score (nSPS) is 10.6. The number of aromatic nitrogens is 3. The van der Waals surface area contributed by atoms with Crippen molar-refractivity contribution in [2.24, 2.45) is 7.05 Å². The maximum Gasteiger partial charge on any atom is 0.354 e. The van der Waals surface area contributed by atoms with Gasteiger partial charge >= 0.3 is 11.3 Å². The van der Waals surface area contributed by atoms with Crippen LogP contribution in [0.25, 0.3) is 11.2 Å². The first kappa shape index (κ1) is 8.42. The van der Waals surface area contributed by atoms with Gasteiger partial charge in [0.25, 0.3) is 0 Å². The Morgan fingerprint density at radius 1 is 1.71 bits per heavy atom. The topological polar surface area (TPSA) is 85.1 Å². The van der Waals surface area contributed by atoms with Gasteiger partial charge < -0.3 is 5.21 Å². The van der Waals surface area contributed by atoms with E-state index in [2.05, 4.69) is 4.98 Å². The number of nitro groups is 1. The van der Waals surface area contributed by atoms with Gasteiger partial charge in [0, 0.05) is 0 Å². The van der Waals surface area contributed by atoms with Gasteiger partial charge in [-0.25, -0.2) is 9.55 Å². The maximum absolute atomic E-state index is 10.6. The lowest BCUT2D eigenvalue weighted by Crippen LogP contribution is -2.31. The molecule has 2 aromatic heterocycles. The number of hydrogen-bond donors (Lipinski definition) is 1. The molecule has 0 aliphatic rings. The summed E-state index contributed by atoms with van der Waals surface area (Å²) in [6.07, 6.45) is 2.62. The fourth-order valence-electron chi connectivity index (χ4n) is 1.31. The highest BCUT2D eigenvalue weighted by atomic mass is 16.6. The third kappa shape index (κ3) is 0.987. The standard InChI is InChI=1S/C7H7N4O3/c1-9-4-8-6-5(11(13)14)2-3-10(12)7(6)9/h2-4,12H,1H3/q+1. The molecule has 2 aromatic rings. The Kier molecular flexibility index (Phi) is 1.60. The van der Waals surface area contributed by atoms with Gasteiger partial charge in [0.2, 0.25) is 5.52 Å². The largest absolute Gasteiger partial charge is 0.354 e. The molecular formula is C7H7N4O3+. The van der Waals surface area contributed by atoms with Crippen LogP contribution < -0.4 is 4.73 Å². The molecule has 0 aliphatic heterocycles. The van der Waals surface area contributed by atoms with E-state index in [1.165, 1.54) is 23.2 Å². The first-order chi connectivity index (χ1) is 6.61. The molecule has 0 aliphatic carbocycles. The molecule has 2 heterocycles. The van der Waals surface area contributed by atoms with Crippen LogP contribution in [0.15, 0.2) is 18.6 Å². The van der Waals surface area contributed by atoms with Crippen molar-refractivity contribution >= 4 is 16.9 Å². The minimum absolute atomic E-state index is 0.120. The molecule has 0 unspecified atom stereocenters. The van der Waals surface area contributed by atoms with Crippen molar-refractivity contribution in [3.63, 3.8) is 0 Å². The Labute approximate surface area is 77.9 Å². The second kappa shape index (κ2) is 2.66. The number of pyridine rings is 1. The van der Waals surface area contributed by atoms with Crippen molar-refractivity contribution in [2.75, 3.05) is 0 Å². The van der Waals surface area contributed by atoms with Crippen molar-refractivity contribution < 1.29 is 14.9 Å². The molecule has 0 aromatic carbocycles. The van der Waals surface area contributed by atoms with Crippen molar-refractivity contribution in [1.82, 2.24) is 9.55 Å². The van der Waals surface area contributed by atoms with Gasteiger partial charge in [-0.15, -0.1) is 0 Å². The van der Waals surface area contributed by atoms with E-state index in [4.69, 9.17) is 0 Å². The smallest absolute Gasteiger partial charge is 0.350 e. The van der Waals surface area contributed by atoms with Gasteiger partial charge in [-0.05, 0) is 4.73 Å². The van der Waals surface area contributed by atoms with Gasteiger partial charge in [-0.2, -0.15) is 0 Å². The first-order valence-electron chi connectivity index (χ1n) is 3.80. The highest BCUT2D eigenvalue weighted by Crippen LogP contribution is 2.19. The van der Waals surface area contributed by atoms with Crippen molar-refractivity contribution in [3.8, 4) is 0 Å². The zero-order chi connectivity index (χ0) is 10.3. The van der Waals surface area contributed by atoms with Gasteiger partial charge in [0.05, 0.1) is 18.0 Å². The Hall–Kier alpha value is -2.18. The molecule has 0 saturated carbocycles. The third-order valence-electron chi connectivity index (χ3n) is 1.94. The van der Waals surface area contributed by atoms with Crippen LogP contribution in [0.4, 0.5) is 5.69 Å². The number of imidazole rings is 1. The van der Waals surface area contributed by atoms with E-state index >= 15 is 0 Å². The van der Waals surface area contributed by atoms with Crippen LogP contribution in [-0.2, 0) is 7.05 Å². The lowest BCUT2D eigenvalue weighted by atomic mass is 10.4. The molecule has 1 N–H and O–H groups in total. The zero-order valence-electron chi connectivity index (χ0n) is 7.28. The number of aryl methyl sites for hydroxylation is 1. The number of rotatable bonds is 1. The predicted molar refractivity (Wildman–Crippen MR) is 44.7 cm³/mol. The molecule has 0 radical (unpaired) electrons. The lowest BCUT2D eigenvalue weighted by molar-refractivity contribution is -0.886. The van der Waals surface area contributed by atoms with Crippen molar-refractivity contribution in [3.05, 3.63) is 28.7 Å². The van der Waals surface area contributed by atoms with Crippen LogP contribution in [0, 0.1) is 10.1 Å². The predicted octanol–water partition coefficient (Wildman–Crippen LogP) is 0.00630. The van der Waals surface area contributed by atoms with Crippen LogP contribution in [0.1, 0.15) is 0 Å². The SMILES string of the molecule is Cn1cnc2c([N+](=O)[O-])cc[n+](O)c21. The van der Waals surface area contributed by atoms with Crippen LogP contribution in [0.5, 0.6) is 0 Å². The van der Waals surface area contributed by atoms with E-state index in [-0.39, 0.29) is 11.2 Å². The summed E-state index contributed by atoms with van der Waals surface area (Å²) in [4.78, 5) is 13.9. The number of nitrogens with zero attached hydrogens (tertiary/aromatic N) is 4. The summed E-state index contributed by atoms with van der Waals surface area (Å²) in [7, 11) is 1.64. The summed E-state index contributed by atoms with van der Waals surface area (Å²) in [6, 6.07) is 1.20. The molecule has 72 valence electrons. The fourth-order valence-corrected chi connectivity index (χ4v) is 1.31. The third-order valence-corrected chi connectivity index (χ3v) is 1.94. The van der Waals surface area contributed by atoms with Gasteiger partial charge in [0.1, 0.15) is 6.20 Å². The average molecular weight is 195 g/mol. The van der Waals surface area contributed by atoms with E-state index in [1.807, 2.05) is 0 Å². The van der Waals surface area contributed by atoms with Crippen LogP contribution in [-0.4, -0.2) is 19.7 Å². The Morgan fingerprint density at radius 2 is 2.43 bits per heavy atom. The minimum atomic E-state index is -0.532. The fraction of sp³-hybridized carbons (Fsp3) is 0.143. The highest BCUT2D eigenvalue weighted by molar-refractivity contribution is 5.78. The molecule has 14 heavy (non-hydrogen) atoms. The molecule has 7 heteroatoms. The molecule has 0 bridgehead atoms. The Morgan fingerprint density at radius 3 is 3.07 bits per heavy atom. The molecule has 7 nitrogen and oxygen atoms in total. The van der Waals surface area contributed by atoms with Crippen LogP contribution >= 0.6 is 0 Å². The Balaban J connectivity index is 2.90. The van der Waals surface area contributed by atoms with Crippen molar-refractivity contribution in [1.29, 1.82) is 0 Å². The molecule has 0 saturated heterocycles. The highest BCUT2D eigenvalue weighted by Gasteiger charge is 2.23. The van der Waals surface area contributed by atoms with E-state index in [0.717, 1.165) is 4.73 Å². The Bertz CT molecular complexity index is 519. The van der Waals surface area contributed by atoms with E-state index < -0.39 is 4.92 Å². The van der Waals surface area contributed by atoms with Gasteiger partial charge in [0.15, 0.2) is 6.33 Å². The second-order valence-corrected chi connectivity index (χ2v) is 2.83. The van der Waals surface area contributed by atoms with Gasteiger partial charge in [-0.3, -0.25) is 10.1 Å². The summed E-state index contributed by atoms with van der Waals surface area (Å²) < 4.78 is 2.30.